The van der Waals surface area contributed by atoms with Gasteiger partial charge in [0.2, 0.25) is 0 Å². The van der Waals surface area contributed by atoms with E-state index in [1.54, 1.807) is 12.1 Å². The molecule has 5 aromatic rings. The number of rotatable bonds is 13. The average molecular weight is 748 g/mol. The van der Waals surface area contributed by atoms with E-state index in [0.29, 0.717) is 5.56 Å². The number of aryl methyl sites for hydroxylation is 1. The molecule has 274 valence electrons. The molecular weight excluding hydrogens is 701 g/mol. The molecule has 2 unspecified atom stereocenters. The van der Waals surface area contributed by atoms with Gasteiger partial charge in [-0.15, -0.1) is 0 Å². The first-order chi connectivity index (χ1) is 25.3. The number of carboxylic acids is 1. The Morgan fingerprint density at radius 1 is 0.887 bits per heavy atom. The predicted octanol–water partition coefficient (Wildman–Crippen LogP) is 9.25. The van der Waals surface area contributed by atoms with Crippen LogP contribution in [0.5, 0.6) is 0 Å². The maximum atomic E-state index is 14.0. The molecule has 6 nitrogen and oxygen atoms in total. The largest absolute Gasteiger partial charge is 0.481 e. The van der Waals surface area contributed by atoms with E-state index in [-0.39, 0.29) is 30.9 Å². The quantitative estimate of drug-likeness (QED) is 0.0735. The van der Waals surface area contributed by atoms with Crippen LogP contribution in [0.1, 0.15) is 63.8 Å². The third-order valence-electron chi connectivity index (χ3n) is 9.25. The summed E-state index contributed by atoms with van der Waals surface area (Å²) in [5.41, 5.74) is 5.94. The number of nitrogens with zero attached hydrogens (tertiary/aromatic N) is 1. The number of halogens is 1. The lowest BCUT2D eigenvalue weighted by Crippen LogP contribution is -2.68. The molecule has 0 saturated carbocycles. The van der Waals surface area contributed by atoms with E-state index in [1.807, 2.05) is 112 Å². The van der Waals surface area contributed by atoms with E-state index >= 15 is 0 Å². The fraction of sp³-hybridized carbons (Fsp3) is 0.273. The highest BCUT2D eigenvalue weighted by atomic mass is 31.1. The van der Waals surface area contributed by atoms with Gasteiger partial charge >= 0.3 is 5.97 Å². The molecule has 0 spiro atoms. The Balaban J connectivity index is 1.44. The van der Waals surface area contributed by atoms with Crippen LogP contribution < -0.4 is 10.4 Å². The molecular formula is C44H47FNO5PSi. The molecule has 53 heavy (non-hydrogen) atoms. The van der Waals surface area contributed by atoms with Crippen molar-refractivity contribution in [3.05, 3.63) is 138 Å². The molecule has 5 rings (SSSR count). The Morgan fingerprint density at radius 2 is 1.47 bits per heavy atom. The Labute approximate surface area is 314 Å². The summed E-state index contributed by atoms with van der Waals surface area (Å²) in [6, 6.07) is 36.2. The van der Waals surface area contributed by atoms with Gasteiger partial charge in [-0.3, -0.25) is 14.3 Å². The molecule has 0 saturated heterocycles. The maximum Gasteiger partial charge on any atom is 0.305 e. The van der Waals surface area contributed by atoms with Gasteiger partial charge in [-0.25, -0.2) is 4.39 Å². The minimum atomic E-state index is -3.12. The van der Waals surface area contributed by atoms with Crippen LogP contribution in [-0.2, 0) is 18.3 Å². The zero-order valence-corrected chi connectivity index (χ0v) is 33.2. The zero-order chi connectivity index (χ0) is 38.2. The second-order valence-corrected chi connectivity index (χ2v) is 20.2. The molecule has 4 aromatic carbocycles. The van der Waals surface area contributed by atoms with Crippen molar-refractivity contribution in [3.8, 4) is 34.2 Å². The van der Waals surface area contributed by atoms with Crippen molar-refractivity contribution in [2.75, 3.05) is 12.8 Å². The van der Waals surface area contributed by atoms with Gasteiger partial charge in [-0.05, 0) is 57.6 Å². The van der Waals surface area contributed by atoms with E-state index in [2.05, 4.69) is 32.6 Å². The van der Waals surface area contributed by atoms with Gasteiger partial charge in [-0.2, -0.15) is 0 Å². The number of hydrogen-bond donors (Lipinski definition) is 1. The molecule has 1 N–H and O–H groups in total. The van der Waals surface area contributed by atoms with Crippen LogP contribution in [0.3, 0.4) is 0 Å². The van der Waals surface area contributed by atoms with Crippen molar-refractivity contribution in [2.24, 2.45) is 0 Å². The van der Waals surface area contributed by atoms with Crippen LogP contribution in [0.2, 0.25) is 5.04 Å². The molecule has 1 heterocycles. The van der Waals surface area contributed by atoms with Gasteiger partial charge in [0.1, 0.15) is 12.4 Å². The number of benzene rings is 4. The summed E-state index contributed by atoms with van der Waals surface area (Å²) in [5, 5.41) is 11.6. The minimum absolute atomic E-state index is 0.0120. The van der Waals surface area contributed by atoms with E-state index in [0.717, 1.165) is 44.0 Å². The monoisotopic (exact) mass is 747 g/mol. The second-order valence-electron chi connectivity index (χ2n) is 14.5. The number of carbonyl (C=O) groups is 1. The Hall–Kier alpha value is -4.64. The predicted molar refractivity (Wildman–Crippen MR) is 215 cm³/mol. The first-order valence-corrected chi connectivity index (χ1v) is 21.3. The van der Waals surface area contributed by atoms with Crippen molar-refractivity contribution in [1.29, 1.82) is 0 Å². The highest BCUT2D eigenvalue weighted by Gasteiger charge is 2.51. The van der Waals surface area contributed by atoms with Crippen molar-refractivity contribution in [3.63, 3.8) is 0 Å². The maximum absolute atomic E-state index is 14.0. The normalized spacial score (nSPS) is 12.9. The van der Waals surface area contributed by atoms with Crippen molar-refractivity contribution >= 4 is 32.7 Å². The standard InChI is InChI=1S/C44H47FNO5PSi/c1-31(2)43-39(40(33-23-25-34(45)26-24-33)29-41(46-43)38-21-14-13-16-32(38)3)22-15-27-50-52(49)30-35(28-42(47)48)51-53(44(4,5)6,36-17-9-7-10-18-36)37-19-11-8-12-20-37/h7-14,16-21,23-26,29,31,35,52H,27-28,30H2,1-6H3,(H,47,48). The van der Waals surface area contributed by atoms with Crippen LogP contribution in [0.4, 0.5) is 4.39 Å². The van der Waals surface area contributed by atoms with E-state index < -0.39 is 33.5 Å². The molecule has 0 amide bonds. The van der Waals surface area contributed by atoms with Gasteiger partial charge in [0.25, 0.3) is 8.32 Å². The Kier molecular flexibility index (Phi) is 13.0. The van der Waals surface area contributed by atoms with Crippen LogP contribution in [0.15, 0.2) is 115 Å². The Bertz CT molecular complexity index is 2070. The van der Waals surface area contributed by atoms with Crippen molar-refractivity contribution < 1.29 is 27.8 Å². The SMILES string of the molecule is Cc1ccccc1-c1cc(-c2ccc(F)cc2)c(C#CCO[PH](=O)CC(CC(=O)O)O[Si](c2ccccc2)(c2ccccc2)C(C)(C)C)c(C(C)C)n1. The van der Waals surface area contributed by atoms with Crippen LogP contribution >= 0.6 is 8.03 Å². The number of hydrogen-bond acceptors (Lipinski definition) is 5. The lowest BCUT2D eigenvalue weighted by molar-refractivity contribution is -0.138. The summed E-state index contributed by atoms with van der Waals surface area (Å²) < 4.78 is 40.4. The number of aromatic nitrogens is 1. The molecule has 0 aliphatic carbocycles. The fourth-order valence-corrected chi connectivity index (χ4v) is 12.5. The first kappa shape index (κ1) is 39.6. The van der Waals surface area contributed by atoms with Gasteiger partial charge < -0.3 is 14.1 Å². The lowest BCUT2D eigenvalue weighted by atomic mass is 9.92. The minimum Gasteiger partial charge on any atom is -0.481 e. The Morgan fingerprint density at radius 3 is 2.02 bits per heavy atom. The second kappa shape index (κ2) is 17.5. The van der Waals surface area contributed by atoms with E-state index in [4.69, 9.17) is 13.9 Å². The molecule has 1 aromatic heterocycles. The van der Waals surface area contributed by atoms with Gasteiger partial charge in [-0.1, -0.05) is 144 Å². The van der Waals surface area contributed by atoms with Crippen LogP contribution in [0, 0.1) is 24.6 Å². The topological polar surface area (TPSA) is 85.7 Å². The third kappa shape index (κ3) is 9.48. The van der Waals surface area contributed by atoms with Crippen LogP contribution in [-0.4, -0.2) is 43.2 Å². The molecule has 2 atom stereocenters. The first-order valence-electron chi connectivity index (χ1n) is 17.8. The highest BCUT2D eigenvalue weighted by molar-refractivity contribution is 7.39. The van der Waals surface area contributed by atoms with Crippen molar-refractivity contribution in [1.82, 2.24) is 4.98 Å². The van der Waals surface area contributed by atoms with E-state index in [1.165, 1.54) is 12.1 Å². The molecule has 0 bridgehead atoms. The molecule has 9 heteroatoms. The summed E-state index contributed by atoms with van der Waals surface area (Å²) in [7, 11) is -5.90. The summed E-state index contributed by atoms with van der Waals surface area (Å²) in [5.74, 6) is 4.92. The molecule has 0 radical (unpaired) electrons. The summed E-state index contributed by atoms with van der Waals surface area (Å²) in [6.45, 7) is 12.3. The number of pyridine rings is 1. The number of carboxylic acid groups (broad SMARTS) is 1. The zero-order valence-electron chi connectivity index (χ0n) is 31.2. The van der Waals surface area contributed by atoms with Crippen molar-refractivity contribution in [2.45, 2.75) is 65.0 Å². The third-order valence-corrected chi connectivity index (χ3v) is 15.6. The highest BCUT2D eigenvalue weighted by Crippen LogP contribution is 2.39. The van der Waals surface area contributed by atoms with Crippen LogP contribution in [0.25, 0.3) is 22.4 Å². The van der Waals surface area contributed by atoms with Gasteiger partial charge in [0, 0.05) is 17.3 Å². The fourth-order valence-electron chi connectivity index (χ4n) is 6.75. The summed E-state index contributed by atoms with van der Waals surface area (Å²) in [4.78, 5) is 17.2. The molecule has 0 aliphatic heterocycles. The summed E-state index contributed by atoms with van der Waals surface area (Å²) in [6.07, 6.45) is -1.27. The van der Waals surface area contributed by atoms with E-state index in [9.17, 15) is 18.9 Å². The lowest BCUT2D eigenvalue weighted by Gasteiger charge is -2.45. The molecule has 0 fully saturated rings. The smallest absolute Gasteiger partial charge is 0.305 e. The molecule has 0 aliphatic rings. The van der Waals surface area contributed by atoms with Gasteiger partial charge in [0.15, 0.2) is 8.03 Å². The number of aliphatic carboxylic acids is 1. The summed E-state index contributed by atoms with van der Waals surface area (Å²) >= 11 is 0. The average Bonchev–Trinajstić information content (AvgIpc) is 3.12. The van der Waals surface area contributed by atoms with Gasteiger partial charge in [0.05, 0.1) is 29.5 Å².